The van der Waals surface area contributed by atoms with Crippen LogP contribution >= 0.6 is 11.8 Å². The standard InChI is InChI=1S/C21H20N4O2S/c1-14-7-5-10-18(15(14)2)25-20(27)16-8-3-4-9-17(16)24-21(25)28-13-19(26)23-12-6-11-22/h3-5,7-10H,6,12-13H2,1-2H3,(H,23,26). The molecule has 0 aliphatic heterocycles. The van der Waals surface area contributed by atoms with Crippen molar-refractivity contribution in [3.05, 3.63) is 63.9 Å². The van der Waals surface area contributed by atoms with Crippen molar-refractivity contribution in [3.63, 3.8) is 0 Å². The number of nitrogens with one attached hydrogen (secondary N) is 1. The molecule has 0 unspecified atom stereocenters. The Morgan fingerprint density at radius 1 is 1.21 bits per heavy atom. The highest BCUT2D eigenvalue weighted by Gasteiger charge is 2.16. The number of hydrogen-bond acceptors (Lipinski definition) is 5. The Hall–Kier alpha value is -3.11. The number of carbonyl (C=O) groups is 1. The summed E-state index contributed by atoms with van der Waals surface area (Å²) in [4.78, 5) is 29.9. The van der Waals surface area contributed by atoms with Gasteiger partial charge >= 0.3 is 0 Å². The number of aromatic nitrogens is 2. The lowest BCUT2D eigenvalue weighted by Gasteiger charge is -2.16. The van der Waals surface area contributed by atoms with Crippen LogP contribution in [0.4, 0.5) is 0 Å². The molecule has 3 aromatic rings. The second-order valence-corrected chi connectivity index (χ2v) is 7.26. The molecule has 6 nitrogen and oxygen atoms in total. The number of nitriles is 1. The van der Waals surface area contributed by atoms with E-state index in [0.29, 0.717) is 22.6 Å². The van der Waals surface area contributed by atoms with Crippen LogP contribution in [0.2, 0.25) is 0 Å². The van der Waals surface area contributed by atoms with Crippen LogP contribution < -0.4 is 10.9 Å². The van der Waals surface area contributed by atoms with Gasteiger partial charge in [-0.15, -0.1) is 0 Å². The van der Waals surface area contributed by atoms with Crippen LogP contribution in [-0.2, 0) is 4.79 Å². The van der Waals surface area contributed by atoms with Gasteiger partial charge in [0.15, 0.2) is 5.16 Å². The van der Waals surface area contributed by atoms with Gasteiger partial charge in [-0.05, 0) is 43.2 Å². The van der Waals surface area contributed by atoms with Gasteiger partial charge in [-0.3, -0.25) is 14.2 Å². The van der Waals surface area contributed by atoms with Crippen LogP contribution in [0.5, 0.6) is 0 Å². The summed E-state index contributed by atoms with van der Waals surface area (Å²) in [5.41, 5.74) is 3.26. The van der Waals surface area contributed by atoms with Crippen LogP contribution in [0.3, 0.4) is 0 Å². The fourth-order valence-electron chi connectivity index (χ4n) is 2.84. The molecular formula is C21H20N4O2S. The number of nitrogens with zero attached hydrogens (tertiary/aromatic N) is 3. The maximum absolute atomic E-state index is 13.2. The summed E-state index contributed by atoms with van der Waals surface area (Å²) in [6.45, 7) is 4.27. The Bertz CT molecular complexity index is 1130. The minimum absolute atomic E-state index is 0.112. The highest BCUT2D eigenvalue weighted by atomic mass is 32.2. The van der Waals surface area contributed by atoms with Gasteiger partial charge in [-0.1, -0.05) is 36.0 Å². The first-order chi connectivity index (χ1) is 13.5. The van der Waals surface area contributed by atoms with E-state index in [2.05, 4.69) is 10.3 Å². The van der Waals surface area contributed by atoms with Crippen molar-refractivity contribution < 1.29 is 4.79 Å². The van der Waals surface area contributed by atoms with Crippen molar-refractivity contribution >= 4 is 28.6 Å². The molecule has 0 atom stereocenters. The molecule has 0 saturated heterocycles. The molecule has 1 heterocycles. The van der Waals surface area contributed by atoms with Crippen LogP contribution in [0.25, 0.3) is 16.6 Å². The summed E-state index contributed by atoms with van der Waals surface area (Å²) in [5.74, 6) is -0.0867. The van der Waals surface area contributed by atoms with Crippen LogP contribution in [-0.4, -0.2) is 27.8 Å². The third-order valence-electron chi connectivity index (χ3n) is 4.45. The predicted molar refractivity (Wildman–Crippen MR) is 111 cm³/mol. The molecule has 1 amide bonds. The molecular weight excluding hydrogens is 372 g/mol. The largest absolute Gasteiger partial charge is 0.354 e. The molecule has 0 bridgehead atoms. The summed E-state index contributed by atoms with van der Waals surface area (Å²) < 4.78 is 1.58. The van der Waals surface area contributed by atoms with Crippen molar-refractivity contribution in [2.75, 3.05) is 12.3 Å². The number of carbonyl (C=O) groups excluding carboxylic acids is 1. The highest BCUT2D eigenvalue weighted by Crippen LogP contribution is 2.24. The van der Waals surface area contributed by atoms with Crippen molar-refractivity contribution in [3.8, 4) is 11.8 Å². The Labute approximate surface area is 167 Å². The Balaban J connectivity index is 2.05. The smallest absolute Gasteiger partial charge is 0.266 e. The number of thioether (sulfide) groups is 1. The zero-order chi connectivity index (χ0) is 20.1. The number of para-hydroxylation sites is 1. The summed E-state index contributed by atoms with van der Waals surface area (Å²) in [6, 6.07) is 15.0. The second kappa shape index (κ2) is 8.72. The van der Waals surface area contributed by atoms with Gasteiger partial charge in [0.1, 0.15) is 0 Å². The number of hydrogen-bond donors (Lipinski definition) is 1. The first-order valence-electron chi connectivity index (χ1n) is 8.87. The van der Waals surface area contributed by atoms with Crippen molar-refractivity contribution in [1.82, 2.24) is 14.9 Å². The van der Waals surface area contributed by atoms with E-state index in [1.54, 1.807) is 16.7 Å². The van der Waals surface area contributed by atoms with Gasteiger partial charge in [0.25, 0.3) is 5.56 Å². The molecule has 7 heteroatoms. The van der Waals surface area contributed by atoms with Gasteiger partial charge in [-0.25, -0.2) is 4.98 Å². The lowest BCUT2D eigenvalue weighted by molar-refractivity contribution is -0.118. The maximum atomic E-state index is 13.2. The van der Waals surface area contributed by atoms with Crippen molar-refractivity contribution in [1.29, 1.82) is 5.26 Å². The number of benzene rings is 2. The Morgan fingerprint density at radius 3 is 2.79 bits per heavy atom. The summed E-state index contributed by atoms with van der Waals surface area (Å²) >= 11 is 1.21. The van der Waals surface area contributed by atoms with E-state index in [1.165, 1.54) is 11.8 Å². The average molecular weight is 392 g/mol. The normalized spacial score (nSPS) is 10.6. The third kappa shape index (κ3) is 4.07. The molecule has 0 saturated carbocycles. The van der Waals surface area contributed by atoms with Crippen LogP contribution in [0, 0.1) is 25.2 Å². The fraction of sp³-hybridized carbons (Fsp3) is 0.238. The molecule has 0 fully saturated rings. The molecule has 2 aromatic carbocycles. The second-order valence-electron chi connectivity index (χ2n) is 6.32. The van der Waals surface area contributed by atoms with Crippen molar-refractivity contribution in [2.24, 2.45) is 0 Å². The molecule has 142 valence electrons. The van der Waals surface area contributed by atoms with E-state index in [-0.39, 0.29) is 23.6 Å². The number of fused-ring (bicyclic) bond motifs is 1. The molecule has 1 aromatic heterocycles. The van der Waals surface area contributed by atoms with Gasteiger partial charge in [-0.2, -0.15) is 5.26 Å². The van der Waals surface area contributed by atoms with Gasteiger partial charge in [0.05, 0.1) is 34.8 Å². The predicted octanol–water partition coefficient (Wildman–Crippen LogP) is 3.12. The van der Waals surface area contributed by atoms with Gasteiger partial charge in [0.2, 0.25) is 5.91 Å². The third-order valence-corrected chi connectivity index (χ3v) is 5.39. The SMILES string of the molecule is Cc1cccc(-n2c(SCC(=O)NCCC#N)nc3ccccc3c2=O)c1C. The molecule has 0 radical (unpaired) electrons. The zero-order valence-electron chi connectivity index (χ0n) is 15.7. The van der Waals surface area contributed by atoms with E-state index in [0.717, 1.165) is 16.8 Å². The number of amides is 1. The van der Waals surface area contributed by atoms with Crippen molar-refractivity contribution in [2.45, 2.75) is 25.4 Å². The first kappa shape index (κ1) is 19.6. The van der Waals surface area contributed by atoms with E-state index < -0.39 is 0 Å². The molecule has 0 aliphatic rings. The maximum Gasteiger partial charge on any atom is 0.266 e. The molecule has 3 rings (SSSR count). The van der Waals surface area contributed by atoms with E-state index in [4.69, 9.17) is 5.26 Å². The first-order valence-corrected chi connectivity index (χ1v) is 9.86. The number of rotatable bonds is 6. The van der Waals surface area contributed by atoms with E-state index in [1.807, 2.05) is 50.2 Å². The highest BCUT2D eigenvalue weighted by molar-refractivity contribution is 7.99. The summed E-state index contributed by atoms with van der Waals surface area (Å²) in [5, 5.41) is 12.3. The monoisotopic (exact) mass is 392 g/mol. The summed E-state index contributed by atoms with van der Waals surface area (Å²) in [6.07, 6.45) is 0.262. The topological polar surface area (TPSA) is 87.8 Å². The minimum Gasteiger partial charge on any atom is -0.354 e. The van der Waals surface area contributed by atoms with E-state index in [9.17, 15) is 9.59 Å². The average Bonchev–Trinajstić information content (AvgIpc) is 2.69. The lowest BCUT2D eigenvalue weighted by Crippen LogP contribution is -2.27. The Kier molecular flexibility index (Phi) is 6.12. The molecule has 1 N–H and O–H groups in total. The Morgan fingerprint density at radius 2 is 2.00 bits per heavy atom. The minimum atomic E-state index is -0.199. The molecule has 0 spiro atoms. The quantitative estimate of drug-likeness (QED) is 0.396. The van der Waals surface area contributed by atoms with Crippen LogP contribution in [0.1, 0.15) is 17.5 Å². The zero-order valence-corrected chi connectivity index (χ0v) is 16.5. The van der Waals surface area contributed by atoms with E-state index >= 15 is 0 Å². The summed E-state index contributed by atoms with van der Waals surface area (Å²) in [7, 11) is 0. The fourth-order valence-corrected chi connectivity index (χ4v) is 3.67. The molecule has 28 heavy (non-hydrogen) atoms. The number of aryl methyl sites for hydroxylation is 1. The molecule has 0 aliphatic carbocycles. The van der Waals surface area contributed by atoms with Gasteiger partial charge < -0.3 is 5.32 Å². The van der Waals surface area contributed by atoms with Crippen LogP contribution in [0.15, 0.2) is 52.4 Å². The van der Waals surface area contributed by atoms with Gasteiger partial charge in [0, 0.05) is 6.54 Å². The lowest BCUT2D eigenvalue weighted by atomic mass is 10.1.